The fourth-order valence-electron chi connectivity index (χ4n) is 3.41. The summed E-state index contributed by atoms with van der Waals surface area (Å²) in [4.78, 5) is 14.8. The van der Waals surface area contributed by atoms with Crippen molar-refractivity contribution in [2.24, 2.45) is 13.0 Å². The molecule has 0 spiro atoms. The molecule has 1 N–H and O–H groups in total. The first-order valence-electron chi connectivity index (χ1n) is 9.50. The number of rotatable bonds is 6. The SMILES string of the molecule is CC1CCN(S(=O)(=O)c2nn(C)cc2C(=O)NCCN2CCOCC2)CC1. The highest BCUT2D eigenvalue weighted by Gasteiger charge is 2.34. The van der Waals surface area contributed by atoms with E-state index in [9.17, 15) is 13.2 Å². The molecule has 2 aliphatic heterocycles. The molecule has 0 radical (unpaired) electrons. The van der Waals surface area contributed by atoms with Crippen LogP contribution < -0.4 is 5.32 Å². The molecule has 0 bridgehead atoms. The first-order chi connectivity index (χ1) is 12.9. The van der Waals surface area contributed by atoms with Gasteiger partial charge in [-0.1, -0.05) is 6.92 Å². The van der Waals surface area contributed by atoms with Gasteiger partial charge in [0.1, 0.15) is 0 Å². The van der Waals surface area contributed by atoms with Gasteiger partial charge in [-0.2, -0.15) is 9.40 Å². The Balaban J connectivity index is 1.66. The molecule has 3 rings (SSSR count). The molecule has 1 aromatic rings. The first-order valence-corrected chi connectivity index (χ1v) is 10.9. The summed E-state index contributed by atoms with van der Waals surface area (Å²) in [5.74, 6) is 0.114. The Labute approximate surface area is 160 Å². The molecule has 0 aromatic carbocycles. The molecule has 0 unspecified atom stereocenters. The van der Waals surface area contributed by atoms with Crippen molar-refractivity contribution in [1.82, 2.24) is 24.3 Å². The summed E-state index contributed by atoms with van der Waals surface area (Å²) in [6.07, 6.45) is 3.13. The van der Waals surface area contributed by atoms with Crippen LogP contribution >= 0.6 is 0 Å². The third-order valence-electron chi connectivity index (χ3n) is 5.18. The maximum absolute atomic E-state index is 13.0. The molecule has 1 amide bonds. The van der Waals surface area contributed by atoms with E-state index in [0.717, 1.165) is 25.9 Å². The number of hydrogen-bond acceptors (Lipinski definition) is 6. The molecule has 2 fully saturated rings. The summed E-state index contributed by atoms with van der Waals surface area (Å²) in [7, 11) is -2.15. The topological polar surface area (TPSA) is 96.8 Å². The second kappa shape index (κ2) is 8.68. The summed E-state index contributed by atoms with van der Waals surface area (Å²) in [5.41, 5.74) is 0.109. The lowest BCUT2D eigenvalue weighted by atomic mass is 10.0. The van der Waals surface area contributed by atoms with E-state index >= 15 is 0 Å². The fraction of sp³-hybridized carbons (Fsp3) is 0.765. The van der Waals surface area contributed by atoms with Crippen LogP contribution in [-0.4, -0.2) is 85.8 Å². The minimum Gasteiger partial charge on any atom is -0.379 e. The summed E-state index contributed by atoms with van der Waals surface area (Å²) in [6.45, 7) is 7.32. The number of amides is 1. The molecule has 2 saturated heterocycles. The highest BCUT2D eigenvalue weighted by molar-refractivity contribution is 7.89. The molecule has 27 heavy (non-hydrogen) atoms. The average molecular weight is 400 g/mol. The number of morpholine rings is 1. The predicted molar refractivity (Wildman–Crippen MR) is 100.0 cm³/mol. The van der Waals surface area contributed by atoms with Gasteiger partial charge in [0.05, 0.1) is 18.8 Å². The van der Waals surface area contributed by atoms with E-state index < -0.39 is 15.9 Å². The molecule has 152 valence electrons. The number of sulfonamides is 1. The lowest BCUT2D eigenvalue weighted by Gasteiger charge is -2.29. The van der Waals surface area contributed by atoms with Crippen molar-refractivity contribution in [3.05, 3.63) is 11.8 Å². The summed E-state index contributed by atoms with van der Waals surface area (Å²) < 4.78 is 34.1. The Morgan fingerprint density at radius 2 is 1.93 bits per heavy atom. The van der Waals surface area contributed by atoms with Crippen LogP contribution in [0.2, 0.25) is 0 Å². The van der Waals surface area contributed by atoms with Gasteiger partial charge in [-0.3, -0.25) is 14.4 Å². The van der Waals surface area contributed by atoms with Gasteiger partial charge in [-0.05, 0) is 18.8 Å². The molecule has 3 heterocycles. The smallest absolute Gasteiger partial charge is 0.263 e. The predicted octanol–water partition coefficient (Wildman–Crippen LogP) is -0.0973. The molecule has 2 aliphatic rings. The van der Waals surface area contributed by atoms with E-state index in [1.54, 1.807) is 7.05 Å². The third-order valence-corrected chi connectivity index (χ3v) is 7.02. The number of carbonyl (C=O) groups excluding carboxylic acids is 1. The van der Waals surface area contributed by atoms with E-state index in [1.165, 1.54) is 15.2 Å². The third kappa shape index (κ3) is 4.87. The van der Waals surface area contributed by atoms with Crippen molar-refractivity contribution in [2.75, 3.05) is 52.5 Å². The minimum absolute atomic E-state index is 0.109. The lowest BCUT2D eigenvalue weighted by Crippen LogP contribution is -2.42. The van der Waals surface area contributed by atoms with Gasteiger partial charge in [-0.15, -0.1) is 0 Å². The number of aryl methyl sites for hydroxylation is 1. The van der Waals surface area contributed by atoms with Gasteiger partial charge in [-0.25, -0.2) is 8.42 Å². The molecular weight excluding hydrogens is 370 g/mol. The fourth-order valence-corrected chi connectivity index (χ4v) is 5.00. The molecule has 0 saturated carbocycles. The number of nitrogens with zero attached hydrogens (tertiary/aromatic N) is 4. The second-order valence-electron chi connectivity index (χ2n) is 7.32. The number of piperidine rings is 1. The lowest BCUT2D eigenvalue weighted by molar-refractivity contribution is 0.0383. The molecule has 10 heteroatoms. The van der Waals surface area contributed by atoms with Crippen molar-refractivity contribution in [3.8, 4) is 0 Å². The Morgan fingerprint density at radius 1 is 1.26 bits per heavy atom. The molecule has 0 atom stereocenters. The monoisotopic (exact) mass is 399 g/mol. The Morgan fingerprint density at radius 3 is 2.59 bits per heavy atom. The van der Waals surface area contributed by atoms with Gasteiger partial charge >= 0.3 is 0 Å². The average Bonchev–Trinajstić information content (AvgIpc) is 3.06. The van der Waals surface area contributed by atoms with Crippen molar-refractivity contribution in [3.63, 3.8) is 0 Å². The van der Waals surface area contributed by atoms with Gasteiger partial charge in [0.2, 0.25) is 5.03 Å². The van der Waals surface area contributed by atoms with Gasteiger partial charge in [0.15, 0.2) is 0 Å². The van der Waals surface area contributed by atoms with Crippen LogP contribution in [0.4, 0.5) is 0 Å². The van der Waals surface area contributed by atoms with Crippen molar-refractivity contribution in [1.29, 1.82) is 0 Å². The zero-order valence-corrected chi connectivity index (χ0v) is 16.9. The number of hydrogen-bond donors (Lipinski definition) is 1. The largest absolute Gasteiger partial charge is 0.379 e. The van der Waals surface area contributed by atoms with Crippen LogP contribution in [-0.2, 0) is 21.8 Å². The zero-order valence-electron chi connectivity index (χ0n) is 16.1. The van der Waals surface area contributed by atoms with Gasteiger partial charge < -0.3 is 10.1 Å². The zero-order chi connectivity index (χ0) is 19.4. The Kier molecular flexibility index (Phi) is 6.51. The van der Waals surface area contributed by atoms with Crippen molar-refractivity contribution < 1.29 is 17.9 Å². The van der Waals surface area contributed by atoms with E-state index in [2.05, 4.69) is 22.2 Å². The van der Waals surface area contributed by atoms with Gasteiger partial charge in [0, 0.05) is 52.5 Å². The number of carbonyl (C=O) groups is 1. The molecule has 0 aliphatic carbocycles. The maximum Gasteiger partial charge on any atom is 0.263 e. The van der Waals surface area contributed by atoms with E-state index in [-0.39, 0.29) is 10.6 Å². The van der Waals surface area contributed by atoms with Crippen LogP contribution in [0.15, 0.2) is 11.2 Å². The van der Waals surface area contributed by atoms with Crippen molar-refractivity contribution in [2.45, 2.75) is 24.8 Å². The van der Waals surface area contributed by atoms with Crippen LogP contribution in [0.3, 0.4) is 0 Å². The minimum atomic E-state index is -3.77. The summed E-state index contributed by atoms with van der Waals surface area (Å²) in [5, 5.41) is 6.77. The highest BCUT2D eigenvalue weighted by Crippen LogP contribution is 2.24. The summed E-state index contributed by atoms with van der Waals surface area (Å²) in [6, 6.07) is 0. The van der Waals surface area contributed by atoms with E-state index in [4.69, 9.17) is 4.74 Å². The second-order valence-corrected chi connectivity index (χ2v) is 9.17. The molecular formula is C17H29N5O4S. The standard InChI is InChI=1S/C17H29N5O4S/c1-14-3-6-22(7-4-14)27(24,25)17-15(13-20(2)19-17)16(23)18-5-8-21-9-11-26-12-10-21/h13-14H,3-12H2,1-2H3,(H,18,23). The Bertz CT molecular complexity index is 749. The normalized spacial score (nSPS) is 20.7. The van der Waals surface area contributed by atoms with Gasteiger partial charge in [0.25, 0.3) is 15.9 Å². The van der Waals surface area contributed by atoms with E-state index in [1.807, 2.05) is 0 Å². The first kappa shape index (κ1) is 20.2. The van der Waals surface area contributed by atoms with Crippen LogP contribution in [0.5, 0.6) is 0 Å². The number of aromatic nitrogens is 2. The highest BCUT2D eigenvalue weighted by atomic mass is 32.2. The number of nitrogens with one attached hydrogen (secondary N) is 1. The maximum atomic E-state index is 13.0. The van der Waals surface area contributed by atoms with Crippen LogP contribution in [0, 0.1) is 5.92 Å². The summed E-state index contributed by atoms with van der Waals surface area (Å²) >= 11 is 0. The van der Waals surface area contributed by atoms with Crippen molar-refractivity contribution >= 4 is 15.9 Å². The molecule has 1 aromatic heterocycles. The van der Waals surface area contributed by atoms with E-state index in [0.29, 0.717) is 45.3 Å². The van der Waals surface area contributed by atoms with Crippen LogP contribution in [0.1, 0.15) is 30.1 Å². The Hall–Kier alpha value is -1.49. The molecule has 9 nitrogen and oxygen atoms in total. The van der Waals surface area contributed by atoms with Crippen LogP contribution in [0.25, 0.3) is 0 Å². The quantitative estimate of drug-likeness (QED) is 0.718. The number of ether oxygens (including phenoxy) is 1.